The number of rotatable bonds is 4. The van der Waals surface area contributed by atoms with E-state index in [-0.39, 0.29) is 11.9 Å². The topological polar surface area (TPSA) is 90.2 Å². The van der Waals surface area contributed by atoms with Crippen molar-refractivity contribution in [1.82, 2.24) is 9.78 Å². The number of hydrogen-bond donors (Lipinski definition) is 2. The molecular formula is C14H25N5O. The van der Waals surface area contributed by atoms with Crippen molar-refractivity contribution in [2.24, 2.45) is 11.7 Å². The monoisotopic (exact) mass is 279 g/mol. The number of amides is 1. The van der Waals surface area contributed by atoms with Crippen molar-refractivity contribution in [1.29, 1.82) is 0 Å². The van der Waals surface area contributed by atoms with E-state index in [1.807, 2.05) is 11.6 Å². The lowest BCUT2D eigenvalue weighted by Crippen LogP contribution is -2.37. The molecule has 0 unspecified atom stereocenters. The molecule has 1 amide bonds. The van der Waals surface area contributed by atoms with Crippen LogP contribution in [0.4, 0.5) is 11.5 Å². The average Bonchev–Trinajstić information content (AvgIpc) is 2.67. The van der Waals surface area contributed by atoms with Gasteiger partial charge in [-0.1, -0.05) is 0 Å². The summed E-state index contributed by atoms with van der Waals surface area (Å²) in [6, 6.07) is 0.282. The number of carbonyl (C=O) groups is 1. The van der Waals surface area contributed by atoms with E-state index >= 15 is 0 Å². The third kappa shape index (κ3) is 2.89. The molecule has 0 aromatic carbocycles. The lowest BCUT2D eigenvalue weighted by Gasteiger charge is -2.34. The van der Waals surface area contributed by atoms with Crippen molar-refractivity contribution in [2.45, 2.75) is 46.1 Å². The van der Waals surface area contributed by atoms with Gasteiger partial charge in [-0.2, -0.15) is 5.10 Å². The highest BCUT2D eigenvalue weighted by molar-refractivity contribution is 5.74. The third-order valence-corrected chi connectivity index (χ3v) is 4.00. The maximum atomic E-state index is 11.0. The fraction of sp³-hybridized carbons (Fsp3) is 0.714. The van der Waals surface area contributed by atoms with Crippen molar-refractivity contribution in [2.75, 3.05) is 23.7 Å². The van der Waals surface area contributed by atoms with Gasteiger partial charge in [0, 0.05) is 25.6 Å². The van der Waals surface area contributed by atoms with Crippen LogP contribution in [0.25, 0.3) is 0 Å². The van der Waals surface area contributed by atoms with Crippen LogP contribution in [-0.4, -0.2) is 28.8 Å². The summed E-state index contributed by atoms with van der Waals surface area (Å²) >= 11 is 0. The van der Waals surface area contributed by atoms with Crippen LogP contribution in [-0.2, 0) is 4.79 Å². The Kier molecular flexibility index (Phi) is 4.20. The standard InChI is InChI=1S/C14H25N5O/c1-9(2)19-14(13(16)10(3)17-19)18-6-4-11(5-7-18)8-12(15)20/h9,11H,4-8,16H2,1-3H3,(H2,15,20). The van der Waals surface area contributed by atoms with E-state index in [2.05, 4.69) is 23.8 Å². The number of anilines is 2. The minimum Gasteiger partial charge on any atom is -0.394 e. The van der Waals surface area contributed by atoms with Gasteiger partial charge in [0.25, 0.3) is 0 Å². The Labute approximate surface area is 120 Å². The molecule has 0 aliphatic carbocycles. The summed E-state index contributed by atoms with van der Waals surface area (Å²) in [5, 5.41) is 4.53. The smallest absolute Gasteiger partial charge is 0.217 e. The number of aryl methyl sites for hydroxylation is 1. The van der Waals surface area contributed by atoms with Gasteiger partial charge < -0.3 is 16.4 Å². The van der Waals surface area contributed by atoms with E-state index in [9.17, 15) is 4.79 Å². The van der Waals surface area contributed by atoms with Gasteiger partial charge in [-0.05, 0) is 39.5 Å². The van der Waals surface area contributed by atoms with Gasteiger partial charge in [0.1, 0.15) is 0 Å². The molecule has 6 nitrogen and oxygen atoms in total. The Balaban J connectivity index is 2.12. The number of nitrogens with zero attached hydrogens (tertiary/aromatic N) is 3. The highest BCUT2D eigenvalue weighted by Gasteiger charge is 2.26. The van der Waals surface area contributed by atoms with Gasteiger partial charge in [0.05, 0.1) is 11.4 Å². The van der Waals surface area contributed by atoms with Crippen LogP contribution in [0.2, 0.25) is 0 Å². The normalized spacial score (nSPS) is 16.9. The second-order valence-electron chi connectivity index (χ2n) is 5.96. The summed E-state index contributed by atoms with van der Waals surface area (Å²) in [5.41, 5.74) is 13.1. The van der Waals surface area contributed by atoms with Crippen LogP contribution in [0.15, 0.2) is 0 Å². The molecule has 112 valence electrons. The van der Waals surface area contributed by atoms with Crippen molar-refractivity contribution < 1.29 is 4.79 Å². The van der Waals surface area contributed by atoms with Crippen LogP contribution in [0.3, 0.4) is 0 Å². The van der Waals surface area contributed by atoms with E-state index in [4.69, 9.17) is 11.5 Å². The molecule has 1 fully saturated rings. The Bertz CT molecular complexity index is 486. The minimum absolute atomic E-state index is 0.203. The van der Waals surface area contributed by atoms with Gasteiger partial charge in [-0.25, -0.2) is 4.68 Å². The number of aromatic nitrogens is 2. The van der Waals surface area contributed by atoms with Crippen molar-refractivity contribution >= 4 is 17.4 Å². The number of primary amides is 1. The Morgan fingerprint density at radius 2 is 2.00 bits per heavy atom. The third-order valence-electron chi connectivity index (χ3n) is 4.00. The molecule has 1 aromatic heterocycles. The Hall–Kier alpha value is -1.72. The average molecular weight is 279 g/mol. The lowest BCUT2D eigenvalue weighted by molar-refractivity contribution is -0.119. The number of nitrogen functional groups attached to an aromatic ring is 1. The summed E-state index contributed by atoms with van der Waals surface area (Å²) in [6.07, 6.45) is 2.45. The SMILES string of the molecule is Cc1nn(C(C)C)c(N2CCC(CC(N)=O)CC2)c1N. The van der Waals surface area contributed by atoms with Crippen LogP contribution >= 0.6 is 0 Å². The first-order chi connectivity index (χ1) is 9.40. The van der Waals surface area contributed by atoms with E-state index in [0.717, 1.165) is 43.1 Å². The molecule has 1 aromatic rings. The largest absolute Gasteiger partial charge is 0.394 e. The molecular weight excluding hydrogens is 254 g/mol. The molecule has 6 heteroatoms. The van der Waals surface area contributed by atoms with E-state index in [0.29, 0.717) is 12.3 Å². The molecule has 2 heterocycles. The Morgan fingerprint density at radius 3 is 2.50 bits per heavy atom. The molecule has 4 N–H and O–H groups in total. The molecule has 0 bridgehead atoms. The predicted molar refractivity (Wildman–Crippen MR) is 80.5 cm³/mol. The quantitative estimate of drug-likeness (QED) is 0.872. The zero-order valence-corrected chi connectivity index (χ0v) is 12.6. The molecule has 2 rings (SSSR count). The first kappa shape index (κ1) is 14.7. The molecule has 0 saturated carbocycles. The molecule has 1 aliphatic heterocycles. The molecule has 1 aliphatic rings. The Morgan fingerprint density at radius 1 is 1.40 bits per heavy atom. The molecule has 20 heavy (non-hydrogen) atoms. The number of hydrogen-bond acceptors (Lipinski definition) is 4. The minimum atomic E-state index is -0.203. The highest BCUT2D eigenvalue weighted by atomic mass is 16.1. The number of carbonyl (C=O) groups excluding carboxylic acids is 1. The van der Waals surface area contributed by atoms with E-state index in [1.165, 1.54) is 0 Å². The van der Waals surface area contributed by atoms with Gasteiger partial charge in [-0.15, -0.1) is 0 Å². The summed E-state index contributed by atoms with van der Waals surface area (Å²) in [7, 11) is 0. The van der Waals surface area contributed by atoms with E-state index in [1.54, 1.807) is 0 Å². The van der Waals surface area contributed by atoms with Gasteiger partial charge in [0.2, 0.25) is 5.91 Å². The van der Waals surface area contributed by atoms with Crippen LogP contribution < -0.4 is 16.4 Å². The van der Waals surface area contributed by atoms with E-state index < -0.39 is 0 Å². The predicted octanol–water partition coefficient (Wildman–Crippen LogP) is 1.45. The summed E-state index contributed by atoms with van der Waals surface area (Å²) in [6.45, 7) is 7.96. The number of nitrogens with two attached hydrogens (primary N) is 2. The first-order valence-corrected chi connectivity index (χ1v) is 7.28. The van der Waals surface area contributed by atoms with Gasteiger partial charge in [0.15, 0.2) is 5.82 Å². The second-order valence-corrected chi connectivity index (χ2v) is 5.96. The van der Waals surface area contributed by atoms with Crippen LogP contribution in [0.5, 0.6) is 0 Å². The van der Waals surface area contributed by atoms with Crippen molar-refractivity contribution in [3.05, 3.63) is 5.69 Å². The zero-order chi connectivity index (χ0) is 14.9. The van der Waals surface area contributed by atoms with Crippen LogP contribution in [0.1, 0.15) is 44.8 Å². The fourth-order valence-corrected chi connectivity index (χ4v) is 2.86. The van der Waals surface area contributed by atoms with Crippen molar-refractivity contribution in [3.63, 3.8) is 0 Å². The maximum absolute atomic E-state index is 11.0. The first-order valence-electron chi connectivity index (χ1n) is 7.28. The zero-order valence-electron chi connectivity index (χ0n) is 12.6. The van der Waals surface area contributed by atoms with Crippen LogP contribution in [0, 0.1) is 12.8 Å². The lowest BCUT2D eigenvalue weighted by atomic mass is 9.93. The second kappa shape index (κ2) is 5.73. The van der Waals surface area contributed by atoms with Gasteiger partial charge in [-0.3, -0.25) is 4.79 Å². The molecule has 0 radical (unpaired) electrons. The fourth-order valence-electron chi connectivity index (χ4n) is 2.86. The maximum Gasteiger partial charge on any atom is 0.217 e. The molecule has 1 saturated heterocycles. The highest BCUT2D eigenvalue weighted by Crippen LogP contribution is 2.32. The molecule has 0 spiro atoms. The summed E-state index contributed by atoms with van der Waals surface area (Å²) in [5.74, 6) is 1.22. The molecule has 0 atom stereocenters. The summed E-state index contributed by atoms with van der Waals surface area (Å²) < 4.78 is 2.00. The van der Waals surface area contributed by atoms with Crippen molar-refractivity contribution in [3.8, 4) is 0 Å². The number of piperidine rings is 1. The summed E-state index contributed by atoms with van der Waals surface area (Å²) in [4.78, 5) is 13.3. The van der Waals surface area contributed by atoms with Gasteiger partial charge >= 0.3 is 0 Å².